The molecule has 3 aromatic heterocycles. The summed E-state index contributed by atoms with van der Waals surface area (Å²) in [6.45, 7) is 0. The van der Waals surface area contributed by atoms with Gasteiger partial charge in [-0.25, -0.2) is 0 Å². The Morgan fingerprint density at radius 2 is 1.00 bits per heavy atom. The van der Waals surface area contributed by atoms with Gasteiger partial charge in [0.05, 0.1) is 0 Å². The molecule has 0 unspecified atom stereocenters. The average Bonchev–Trinajstić information content (AvgIpc) is 3.02. The van der Waals surface area contributed by atoms with Gasteiger partial charge in [-0.2, -0.15) is 34.0 Å². The molecule has 0 aliphatic heterocycles. The Labute approximate surface area is 108 Å². The highest BCUT2D eigenvalue weighted by molar-refractivity contribution is 7.39. The van der Waals surface area contributed by atoms with Gasteiger partial charge >= 0.3 is 0 Å². The summed E-state index contributed by atoms with van der Waals surface area (Å²) < 4.78 is 4.72. The third kappa shape index (κ3) is 1.93. The standard InChI is InChI=1S/C12H10S3Si/c1-4-10(13-7-1)16(11-5-2-8-14-11)12-6-3-9-15-12/h1-9,16H. The normalized spacial score (nSPS) is 11.1. The van der Waals surface area contributed by atoms with Gasteiger partial charge in [0.15, 0.2) is 8.80 Å². The van der Waals surface area contributed by atoms with E-state index in [1.54, 1.807) is 13.5 Å². The molecule has 0 bridgehead atoms. The SMILES string of the molecule is c1csc([SiH](c2cccs2)c2cccs2)c1. The van der Waals surface area contributed by atoms with Crippen LogP contribution in [0.1, 0.15) is 0 Å². The Kier molecular flexibility index (Phi) is 3.06. The number of rotatable bonds is 3. The third-order valence-corrected chi connectivity index (χ3v) is 10.2. The van der Waals surface area contributed by atoms with Gasteiger partial charge in [0.1, 0.15) is 0 Å². The van der Waals surface area contributed by atoms with Gasteiger partial charge in [-0.3, -0.25) is 0 Å². The summed E-state index contributed by atoms with van der Waals surface area (Å²) in [6, 6.07) is 13.4. The van der Waals surface area contributed by atoms with E-state index in [1.165, 1.54) is 0 Å². The molecule has 4 heteroatoms. The largest absolute Gasteiger partial charge is 0.170 e. The molecule has 3 aromatic rings. The van der Waals surface area contributed by atoms with Crippen molar-refractivity contribution in [2.24, 2.45) is 0 Å². The van der Waals surface area contributed by atoms with Crippen LogP contribution in [0.2, 0.25) is 0 Å². The van der Waals surface area contributed by atoms with E-state index in [9.17, 15) is 0 Å². The van der Waals surface area contributed by atoms with Gasteiger partial charge < -0.3 is 0 Å². The molecular weight excluding hydrogens is 268 g/mol. The van der Waals surface area contributed by atoms with Crippen LogP contribution in [0.5, 0.6) is 0 Å². The van der Waals surface area contributed by atoms with E-state index >= 15 is 0 Å². The molecule has 0 N–H and O–H groups in total. The number of hydrogen-bond donors (Lipinski definition) is 0. The zero-order chi connectivity index (χ0) is 10.8. The van der Waals surface area contributed by atoms with Crippen molar-refractivity contribution in [3.8, 4) is 0 Å². The maximum Gasteiger partial charge on any atom is 0.170 e. The van der Waals surface area contributed by atoms with E-state index in [2.05, 4.69) is 52.5 Å². The summed E-state index contributed by atoms with van der Waals surface area (Å²) >= 11 is 5.71. The molecule has 0 spiro atoms. The van der Waals surface area contributed by atoms with Crippen LogP contribution in [0, 0.1) is 0 Å². The van der Waals surface area contributed by atoms with E-state index in [4.69, 9.17) is 0 Å². The quantitative estimate of drug-likeness (QED) is 0.644. The van der Waals surface area contributed by atoms with Crippen molar-refractivity contribution in [1.29, 1.82) is 0 Å². The van der Waals surface area contributed by atoms with Crippen LogP contribution in [-0.2, 0) is 0 Å². The lowest BCUT2D eigenvalue weighted by molar-refractivity contribution is 2.01. The molecule has 80 valence electrons. The Balaban J connectivity index is 2.09. The van der Waals surface area contributed by atoms with Crippen LogP contribution in [-0.4, -0.2) is 8.80 Å². The highest BCUT2D eigenvalue weighted by atomic mass is 32.1. The molecule has 0 saturated carbocycles. The molecule has 0 fully saturated rings. The Morgan fingerprint density at radius 3 is 1.25 bits per heavy atom. The van der Waals surface area contributed by atoms with Crippen LogP contribution in [0.3, 0.4) is 0 Å². The first kappa shape index (κ1) is 10.5. The third-order valence-electron chi connectivity index (χ3n) is 2.48. The maximum absolute atomic E-state index is 2.29. The fourth-order valence-electron chi connectivity index (χ4n) is 1.79. The minimum Gasteiger partial charge on any atom is -0.153 e. The van der Waals surface area contributed by atoms with E-state index in [0.717, 1.165) is 0 Å². The van der Waals surface area contributed by atoms with Crippen LogP contribution in [0.4, 0.5) is 0 Å². The molecule has 0 aliphatic rings. The molecule has 3 rings (SSSR count). The summed E-state index contributed by atoms with van der Waals surface area (Å²) in [7, 11) is -1.11. The summed E-state index contributed by atoms with van der Waals surface area (Å²) in [6.07, 6.45) is 0. The second kappa shape index (κ2) is 4.67. The first-order valence-corrected chi connectivity index (χ1v) is 9.42. The van der Waals surface area contributed by atoms with Crippen molar-refractivity contribution in [2.45, 2.75) is 0 Å². The second-order valence-corrected chi connectivity index (χ2v) is 10.4. The first-order valence-electron chi connectivity index (χ1n) is 5.05. The molecule has 3 heterocycles. The van der Waals surface area contributed by atoms with Crippen molar-refractivity contribution in [3.63, 3.8) is 0 Å². The van der Waals surface area contributed by atoms with Gasteiger partial charge in [-0.05, 0) is 29.6 Å². The molecule has 0 aromatic carbocycles. The highest BCUT2D eigenvalue weighted by Crippen LogP contribution is 2.05. The fourth-order valence-corrected chi connectivity index (χ4v) is 10.3. The van der Waals surface area contributed by atoms with Crippen molar-refractivity contribution in [1.82, 2.24) is 0 Å². The average molecular weight is 278 g/mol. The predicted octanol–water partition coefficient (Wildman–Crippen LogP) is 2.12. The smallest absolute Gasteiger partial charge is 0.153 e. The summed E-state index contributed by atoms with van der Waals surface area (Å²) in [5, 5.41) is 6.57. The minimum atomic E-state index is -1.11. The molecule has 0 atom stereocenters. The Morgan fingerprint density at radius 1 is 0.625 bits per heavy atom. The molecule has 0 amide bonds. The molecule has 0 aliphatic carbocycles. The molecule has 0 radical (unpaired) electrons. The lowest BCUT2D eigenvalue weighted by Gasteiger charge is -2.09. The predicted molar refractivity (Wildman–Crippen MR) is 79.0 cm³/mol. The lowest BCUT2D eigenvalue weighted by Crippen LogP contribution is -2.48. The fraction of sp³-hybridized carbons (Fsp3) is 0. The summed E-state index contributed by atoms with van der Waals surface area (Å²) in [5.41, 5.74) is 0. The maximum atomic E-state index is 2.29. The van der Waals surface area contributed by atoms with Gasteiger partial charge in [-0.1, -0.05) is 36.4 Å². The van der Waals surface area contributed by atoms with Crippen molar-refractivity contribution >= 4 is 56.3 Å². The van der Waals surface area contributed by atoms with Gasteiger partial charge in [0.25, 0.3) is 0 Å². The van der Waals surface area contributed by atoms with Crippen LogP contribution in [0.25, 0.3) is 0 Å². The monoisotopic (exact) mass is 278 g/mol. The molecule has 0 saturated heterocycles. The van der Waals surface area contributed by atoms with Crippen molar-refractivity contribution in [2.75, 3.05) is 0 Å². The van der Waals surface area contributed by atoms with E-state index in [0.29, 0.717) is 0 Å². The van der Waals surface area contributed by atoms with E-state index < -0.39 is 8.80 Å². The zero-order valence-electron chi connectivity index (χ0n) is 8.50. The van der Waals surface area contributed by atoms with E-state index in [1.807, 2.05) is 34.0 Å². The van der Waals surface area contributed by atoms with Crippen LogP contribution >= 0.6 is 34.0 Å². The van der Waals surface area contributed by atoms with Crippen molar-refractivity contribution < 1.29 is 0 Å². The van der Waals surface area contributed by atoms with Crippen molar-refractivity contribution in [3.05, 3.63) is 52.5 Å². The first-order chi connectivity index (χ1) is 7.95. The molecular formula is C12H10S3Si. The van der Waals surface area contributed by atoms with Gasteiger partial charge in [0, 0.05) is 0 Å². The highest BCUT2D eigenvalue weighted by Gasteiger charge is 2.21. The van der Waals surface area contributed by atoms with Gasteiger partial charge in [0.2, 0.25) is 0 Å². The van der Waals surface area contributed by atoms with Gasteiger partial charge in [-0.15, -0.1) is 0 Å². The number of hydrogen-bond acceptors (Lipinski definition) is 3. The Hall–Kier alpha value is -0.683. The Bertz CT molecular complexity index is 441. The zero-order valence-corrected chi connectivity index (χ0v) is 12.1. The summed E-state index contributed by atoms with van der Waals surface area (Å²) in [4.78, 5) is 0. The molecule has 0 nitrogen and oxygen atoms in total. The van der Waals surface area contributed by atoms with E-state index in [-0.39, 0.29) is 0 Å². The molecule has 16 heavy (non-hydrogen) atoms. The van der Waals surface area contributed by atoms with Crippen LogP contribution in [0.15, 0.2) is 52.5 Å². The lowest BCUT2D eigenvalue weighted by atomic mass is 10.7. The second-order valence-electron chi connectivity index (χ2n) is 3.48. The minimum absolute atomic E-state index is 1.11. The topological polar surface area (TPSA) is 0 Å². The van der Waals surface area contributed by atoms with Crippen LogP contribution < -0.4 is 13.5 Å². The summed E-state index contributed by atoms with van der Waals surface area (Å²) in [5.74, 6) is 0. The number of thiophene rings is 3.